The molecule has 0 aromatic heterocycles. The molecule has 3 nitrogen and oxygen atoms in total. The third-order valence-electron chi connectivity index (χ3n) is 4.58. The molecule has 0 atom stereocenters. The molecule has 0 radical (unpaired) electrons. The SMILES string of the molecule is COCC1CCN(c2ccc(CNC3CC3)c(Cl)c2)CC1. The van der Waals surface area contributed by atoms with E-state index < -0.39 is 0 Å². The summed E-state index contributed by atoms with van der Waals surface area (Å²) in [6.45, 7) is 3.98. The van der Waals surface area contributed by atoms with E-state index in [-0.39, 0.29) is 0 Å². The fraction of sp³-hybridized carbons (Fsp3) is 0.647. The van der Waals surface area contributed by atoms with Gasteiger partial charge in [0.25, 0.3) is 0 Å². The van der Waals surface area contributed by atoms with Crippen LogP contribution in [0.4, 0.5) is 5.69 Å². The predicted octanol–water partition coefficient (Wildman–Crippen LogP) is 3.45. The molecule has 0 amide bonds. The Kier molecular flexibility index (Phi) is 5.04. The van der Waals surface area contributed by atoms with Gasteiger partial charge in [-0.05, 0) is 49.3 Å². The van der Waals surface area contributed by atoms with Crippen LogP contribution < -0.4 is 10.2 Å². The molecule has 116 valence electrons. The second-order valence-corrected chi connectivity index (χ2v) is 6.72. The predicted molar refractivity (Wildman–Crippen MR) is 88.1 cm³/mol. The molecule has 1 aliphatic heterocycles. The first-order valence-corrected chi connectivity index (χ1v) is 8.39. The number of benzene rings is 1. The maximum Gasteiger partial charge on any atom is 0.0491 e. The smallest absolute Gasteiger partial charge is 0.0491 e. The molecule has 21 heavy (non-hydrogen) atoms. The van der Waals surface area contributed by atoms with Crippen molar-refractivity contribution in [2.75, 3.05) is 31.7 Å². The minimum atomic E-state index is 0.712. The Morgan fingerprint density at radius 1 is 1.24 bits per heavy atom. The Morgan fingerprint density at radius 3 is 2.62 bits per heavy atom. The number of halogens is 1. The third kappa shape index (κ3) is 4.12. The molecule has 1 saturated carbocycles. The molecule has 1 N–H and O–H groups in total. The van der Waals surface area contributed by atoms with Crippen molar-refractivity contribution in [3.8, 4) is 0 Å². The molecule has 2 aliphatic rings. The lowest BCUT2D eigenvalue weighted by Gasteiger charge is -2.33. The Labute approximate surface area is 132 Å². The Morgan fingerprint density at radius 2 is 2.00 bits per heavy atom. The normalized spacial score (nSPS) is 20.0. The van der Waals surface area contributed by atoms with Gasteiger partial charge in [0, 0.05) is 50.1 Å². The van der Waals surface area contributed by atoms with Crippen molar-refractivity contribution in [3.05, 3.63) is 28.8 Å². The summed E-state index contributed by atoms with van der Waals surface area (Å²) in [5, 5.41) is 4.41. The highest BCUT2D eigenvalue weighted by Crippen LogP contribution is 2.28. The standard InChI is InChI=1S/C17H25ClN2O/c1-21-12-13-6-8-20(9-7-13)16-5-2-14(17(18)10-16)11-19-15-3-4-15/h2,5,10,13,15,19H,3-4,6-9,11-12H2,1H3. The van der Waals surface area contributed by atoms with E-state index in [9.17, 15) is 0 Å². The summed E-state index contributed by atoms with van der Waals surface area (Å²) < 4.78 is 5.26. The highest BCUT2D eigenvalue weighted by Gasteiger charge is 2.21. The molecule has 1 saturated heterocycles. The number of rotatable bonds is 6. The molecule has 0 spiro atoms. The van der Waals surface area contributed by atoms with Crippen LogP contribution >= 0.6 is 11.6 Å². The summed E-state index contributed by atoms with van der Waals surface area (Å²) in [5.74, 6) is 0.712. The first kappa shape index (κ1) is 15.1. The monoisotopic (exact) mass is 308 g/mol. The molecular weight excluding hydrogens is 284 g/mol. The van der Waals surface area contributed by atoms with Gasteiger partial charge in [0.1, 0.15) is 0 Å². The number of hydrogen-bond acceptors (Lipinski definition) is 3. The Balaban J connectivity index is 1.57. The van der Waals surface area contributed by atoms with E-state index in [1.54, 1.807) is 7.11 Å². The van der Waals surface area contributed by atoms with Crippen molar-refractivity contribution < 1.29 is 4.74 Å². The van der Waals surface area contributed by atoms with Gasteiger partial charge in [-0.1, -0.05) is 17.7 Å². The summed E-state index contributed by atoms with van der Waals surface area (Å²) in [5.41, 5.74) is 2.47. The number of piperidine rings is 1. The van der Waals surface area contributed by atoms with Crippen LogP contribution in [0.1, 0.15) is 31.2 Å². The quantitative estimate of drug-likeness (QED) is 0.871. The maximum atomic E-state index is 6.44. The van der Waals surface area contributed by atoms with Gasteiger partial charge in [0.15, 0.2) is 0 Å². The van der Waals surface area contributed by atoms with Gasteiger partial charge in [-0.2, -0.15) is 0 Å². The zero-order chi connectivity index (χ0) is 14.7. The van der Waals surface area contributed by atoms with Gasteiger partial charge >= 0.3 is 0 Å². The molecule has 1 aromatic rings. The van der Waals surface area contributed by atoms with Crippen molar-refractivity contribution >= 4 is 17.3 Å². The first-order valence-electron chi connectivity index (χ1n) is 8.02. The lowest BCUT2D eigenvalue weighted by Crippen LogP contribution is -2.35. The van der Waals surface area contributed by atoms with E-state index in [1.807, 2.05) is 0 Å². The van der Waals surface area contributed by atoms with Crippen LogP contribution in [0.3, 0.4) is 0 Å². The molecular formula is C17H25ClN2O. The third-order valence-corrected chi connectivity index (χ3v) is 4.93. The molecule has 2 fully saturated rings. The van der Waals surface area contributed by atoms with Crippen LogP contribution in [0, 0.1) is 5.92 Å². The molecule has 1 heterocycles. The summed E-state index contributed by atoms with van der Waals surface area (Å²) in [6.07, 6.45) is 5.03. The maximum absolute atomic E-state index is 6.44. The van der Waals surface area contributed by atoms with Crippen LogP contribution in [0.25, 0.3) is 0 Å². The van der Waals surface area contributed by atoms with Gasteiger partial charge in [-0.3, -0.25) is 0 Å². The van der Waals surface area contributed by atoms with E-state index in [4.69, 9.17) is 16.3 Å². The highest BCUT2D eigenvalue weighted by molar-refractivity contribution is 6.31. The Bertz CT molecular complexity index is 468. The minimum absolute atomic E-state index is 0.712. The van der Waals surface area contributed by atoms with Crippen LogP contribution in [-0.4, -0.2) is 32.8 Å². The van der Waals surface area contributed by atoms with Gasteiger partial charge in [0.2, 0.25) is 0 Å². The Hall–Kier alpha value is -0.770. The molecule has 4 heteroatoms. The second-order valence-electron chi connectivity index (χ2n) is 6.32. The lowest BCUT2D eigenvalue weighted by molar-refractivity contribution is 0.139. The van der Waals surface area contributed by atoms with E-state index in [0.29, 0.717) is 5.92 Å². The van der Waals surface area contributed by atoms with Gasteiger partial charge < -0.3 is 15.0 Å². The van der Waals surface area contributed by atoms with Crippen LogP contribution in [0.5, 0.6) is 0 Å². The number of nitrogens with zero attached hydrogens (tertiary/aromatic N) is 1. The highest BCUT2D eigenvalue weighted by atomic mass is 35.5. The molecule has 3 rings (SSSR count). The molecule has 1 aliphatic carbocycles. The van der Waals surface area contributed by atoms with E-state index in [1.165, 1.54) is 36.9 Å². The van der Waals surface area contributed by atoms with Crippen LogP contribution in [0.15, 0.2) is 18.2 Å². The average molecular weight is 309 g/mol. The lowest BCUT2D eigenvalue weighted by atomic mass is 9.97. The number of nitrogens with one attached hydrogen (secondary N) is 1. The van der Waals surface area contributed by atoms with Crippen molar-refractivity contribution in [1.29, 1.82) is 0 Å². The fourth-order valence-corrected chi connectivity index (χ4v) is 3.25. The minimum Gasteiger partial charge on any atom is -0.384 e. The van der Waals surface area contributed by atoms with Gasteiger partial charge in [0.05, 0.1) is 0 Å². The zero-order valence-corrected chi connectivity index (χ0v) is 13.5. The average Bonchev–Trinajstić information content (AvgIpc) is 3.31. The number of hydrogen-bond donors (Lipinski definition) is 1. The van der Waals surface area contributed by atoms with Crippen molar-refractivity contribution in [2.24, 2.45) is 5.92 Å². The van der Waals surface area contributed by atoms with Crippen molar-refractivity contribution in [3.63, 3.8) is 0 Å². The molecule has 1 aromatic carbocycles. The largest absolute Gasteiger partial charge is 0.384 e. The second kappa shape index (κ2) is 6.99. The van der Waals surface area contributed by atoms with Crippen LogP contribution in [0.2, 0.25) is 5.02 Å². The molecule has 0 bridgehead atoms. The number of methoxy groups -OCH3 is 1. The summed E-state index contributed by atoms with van der Waals surface area (Å²) in [7, 11) is 1.79. The number of anilines is 1. The number of ether oxygens (including phenoxy) is 1. The van der Waals surface area contributed by atoms with E-state index in [2.05, 4.69) is 28.4 Å². The van der Waals surface area contributed by atoms with E-state index >= 15 is 0 Å². The summed E-state index contributed by atoms with van der Waals surface area (Å²) in [4.78, 5) is 2.44. The molecule has 0 unspecified atom stereocenters. The van der Waals surface area contributed by atoms with Crippen LogP contribution in [-0.2, 0) is 11.3 Å². The van der Waals surface area contributed by atoms with Crippen molar-refractivity contribution in [2.45, 2.75) is 38.3 Å². The first-order chi connectivity index (χ1) is 10.3. The van der Waals surface area contributed by atoms with Crippen molar-refractivity contribution in [1.82, 2.24) is 5.32 Å². The summed E-state index contributed by atoms with van der Waals surface area (Å²) >= 11 is 6.44. The zero-order valence-electron chi connectivity index (χ0n) is 12.8. The van der Waals surface area contributed by atoms with Gasteiger partial charge in [-0.25, -0.2) is 0 Å². The fourth-order valence-electron chi connectivity index (χ4n) is 3.01. The summed E-state index contributed by atoms with van der Waals surface area (Å²) in [6, 6.07) is 7.24. The van der Waals surface area contributed by atoms with E-state index in [0.717, 1.165) is 37.3 Å². The van der Waals surface area contributed by atoms with Gasteiger partial charge in [-0.15, -0.1) is 0 Å². The topological polar surface area (TPSA) is 24.5 Å².